The Morgan fingerprint density at radius 3 is 2.35 bits per heavy atom. The molecule has 0 unspecified atom stereocenters. The Bertz CT molecular complexity index is 507. The second kappa shape index (κ2) is 8.67. The van der Waals surface area contributed by atoms with Gasteiger partial charge in [0, 0.05) is 0 Å². The molecule has 5 heteroatoms. The summed E-state index contributed by atoms with van der Waals surface area (Å²) >= 11 is 0. The molecule has 1 aliphatic rings. The zero-order chi connectivity index (χ0) is 16.5. The van der Waals surface area contributed by atoms with Gasteiger partial charge in [0.2, 0.25) is 5.91 Å². The van der Waals surface area contributed by atoms with Crippen LogP contribution in [0.5, 0.6) is 0 Å². The number of ether oxygens (including phenoxy) is 1. The van der Waals surface area contributed by atoms with Gasteiger partial charge in [0.1, 0.15) is 12.1 Å². The zero-order valence-electron chi connectivity index (χ0n) is 13.4. The van der Waals surface area contributed by atoms with Crippen molar-refractivity contribution < 1.29 is 19.4 Å². The van der Waals surface area contributed by atoms with E-state index in [1.54, 1.807) is 0 Å². The summed E-state index contributed by atoms with van der Waals surface area (Å²) in [5.74, 6) is -1.28. The second-order valence-corrected chi connectivity index (χ2v) is 6.14. The van der Waals surface area contributed by atoms with E-state index in [0.29, 0.717) is 19.4 Å². The zero-order valence-corrected chi connectivity index (χ0v) is 13.4. The number of rotatable bonds is 7. The van der Waals surface area contributed by atoms with Crippen molar-refractivity contribution in [3.05, 3.63) is 35.9 Å². The molecule has 0 atom stereocenters. The van der Waals surface area contributed by atoms with Gasteiger partial charge in [0.25, 0.3) is 0 Å². The van der Waals surface area contributed by atoms with Crippen molar-refractivity contribution in [2.24, 2.45) is 0 Å². The molecular weight excluding hydrogens is 294 g/mol. The molecule has 1 aromatic carbocycles. The average molecular weight is 319 g/mol. The van der Waals surface area contributed by atoms with Crippen LogP contribution in [0.2, 0.25) is 0 Å². The molecule has 0 spiro atoms. The van der Waals surface area contributed by atoms with E-state index in [1.165, 1.54) is 0 Å². The van der Waals surface area contributed by atoms with E-state index in [0.717, 1.165) is 37.7 Å². The maximum atomic E-state index is 12.0. The lowest BCUT2D eigenvalue weighted by Crippen LogP contribution is -2.55. The Morgan fingerprint density at radius 2 is 1.74 bits per heavy atom. The van der Waals surface area contributed by atoms with Crippen molar-refractivity contribution in [2.75, 3.05) is 13.2 Å². The van der Waals surface area contributed by atoms with Gasteiger partial charge in [-0.15, -0.1) is 0 Å². The quantitative estimate of drug-likeness (QED) is 0.598. The fourth-order valence-electron chi connectivity index (χ4n) is 3.03. The summed E-state index contributed by atoms with van der Waals surface area (Å²) in [5.41, 5.74) is 0.0368. The first kappa shape index (κ1) is 17.5. The average Bonchev–Trinajstić information content (AvgIpc) is 2.79. The van der Waals surface area contributed by atoms with E-state index >= 15 is 0 Å². The van der Waals surface area contributed by atoms with Crippen molar-refractivity contribution in [1.29, 1.82) is 0 Å². The van der Waals surface area contributed by atoms with Crippen LogP contribution in [0.25, 0.3) is 0 Å². The lowest BCUT2D eigenvalue weighted by atomic mass is 9.90. The maximum absolute atomic E-state index is 12.0. The van der Waals surface area contributed by atoms with Crippen LogP contribution >= 0.6 is 0 Å². The highest BCUT2D eigenvalue weighted by Gasteiger charge is 2.39. The van der Waals surface area contributed by atoms with Crippen LogP contribution in [0, 0.1) is 0 Å². The van der Waals surface area contributed by atoms with Gasteiger partial charge in [-0.05, 0) is 24.8 Å². The Hall–Kier alpha value is -1.88. The van der Waals surface area contributed by atoms with Crippen molar-refractivity contribution in [3.63, 3.8) is 0 Å². The molecule has 0 aliphatic heterocycles. The molecule has 1 aliphatic carbocycles. The minimum Gasteiger partial charge on any atom is -0.480 e. The SMILES string of the molecule is O=C(COCCc1ccccc1)NC1(C(=O)O)CCCCCC1. The predicted molar refractivity (Wildman–Crippen MR) is 87.2 cm³/mol. The number of carbonyl (C=O) groups excluding carboxylic acids is 1. The Labute approximate surface area is 137 Å². The van der Waals surface area contributed by atoms with Crippen LogP contribution in [0.15, 0.2) is 30.3 Å². The van der Waals surface area contributed by atoms with Crippen molar-refractivity contribution in [3.8, 4) is 0 Å². The monoisotopic (exact) mass is 319 g/mol. The van der Waals surface area contributed by atoms with Crippen LogP contribution in [-0.4, -0.2) is 35.7 Å². The van der Waals surface area contributed by atoms with Crippen molar-refractivity contribution >= 4 is 11.9 Å². The number of amides is 1. The summed E-state index contributed by atoms with van der Waals surface area (Å²) in [6.45, 7) is 0.347. The molecule has 0 aromatic heterocycles. The van der Waals surface area contributed by atoms with Crippen molar-refractivity contribution in [2.45, 2.75) is 50.5 Å². The van der Waals surface area contributed by atoms with Gasteiger partial charge in [-0.3, -0.25) is 4.79 Å². The first-order chi connectivity index (χ1) is 11.1. The van der Waals surface area contributed by atoms with Crippen LogP contribution in [-0.2, 0) is 20.7 Å². The summed E-state index contributed by atoms with van der Waals surface area (Å²) in [6.07, 6.45) is 5.45. The van der Waals surface area contributed by atoms with E-state index in [1.807, 2.05) is 30.3 Å². The highest BCUT2D eigenvalue weighted by Crippen LogP contribution is 2.27. The standard InChI is InChI=1S/C18H25NO4/c20-16(14-23-13-10-15-8-4-3-5-9-15)19-18(17(21)22)11-6-1-2-7-12-18/h3-5,8-9H,1-2,6-7,10-14H2,(H,19,20)(H,21,22). The van der Waals surface area contributed by atoms with Crippen LogP contribution in [0.1, 0.15) is 44.1 Å². The van der Waals surface area contributed by atoms with Gasteiger partial charge < -0.3 is 15.2 Å². The van der Waals surface area contributed by atoms with Gasteiger partial charge in [0.15, 0.2) is 0 Å². The molecule has 0 heterocycles. The predicted octanol–water partition coefficient (Wildman–Crippen LogP) is 2.54. The Kier molecular flexibility index (Phi) is 6.59. The molecule has 126 valence electrons. The van der Waals surface area contributed by atoms with E-state index < -0.39 is 11.5 Å². The normalized spacial score (nSPS) is 17.2. The Balaban J connectivity index is 1.77. The number of carboxylic acid groups (broad SMARTS) is 1. The Morgan fingerprint density at radius 1 is 1.09 bits per heavy atom. The van der Waals surface area contributed by atoms with Gasteiger partial charge in [-0.1, -0.05) is 56.0 Å². The molecule has 0 radical (unpaired) electrons. The summed E-state index contributed by atoms with van der Waals surface area (Å²) in [5, 5.41) is 12.2. The molecule has 1 amide bonds. The fraction of sp³-hybridized carbons (Fsp3) is 0.556. The fourth-order valence-corrected chi connectivity index (χ4v) is 3.03. The van der Waals surface area contributed by atoms with E-state index in [4.69, 9.17) is 4.74 Å². The smallest absolute Gasteiger partial charge is 0.329 e. The number of benzene rings is 1. The lowest BCUT2D eigenvalue weighted by molar-refractivity contribution is -0.149. The minimum atomic E-state index is -1.11. The first-order valence-corrected chi connectivity index (χ1v) is 8.28. The summed E-state index contributed by atoms with van der Waals surface area (Å²) in [7, 11) is 0. The van der Waals surface area contributed by atoms with Crippen molar-refractivity contribution in [1.82, 2.24) is 5.32 Å². The maximum Gasteiger partial charge on any atom is 0.329 e. The van der Waals surface area contributed by atoms with E-state index in [-0.39, 0.29) is 12.5 Å². The van der Waals surface area contributed by atoms with Crippen LogP contribution in [0.3, 0.4) is 0 Å². The van der Waals surface area contributed by atoms with Gasteiger partial charge in [-0.25, -0.2) is 4.79 Å². The lowest BCUT2D eigenvalue weighted by Gasteiger charge is -2.29. The second-order valence-electron chi connectivity index (χ2n) is 6.14. The van der Waals surface area contributed by atoms with E-state index in [2.05, 4.69) is 5.32 Å². The minimum absolute atomic E-state index is 0.0954. The van der Waals surface area contributed by atoms with E-state index in [9.17, 15) is 14.7 Å². The molecule has 1 fully saturated rings. The van der Waals surface area contributed by atoms with Gasteiger partial charge in [-0.2, -0.15) is 0 Å². The topological polar surface area (TPSA) is 75.6 Å². The molecule has 0 saturated heterocycles. The summed E-state index contributed by atoms with van der Waals surface area (Å²) < 4.78 is 5.39. The van der Waals surface area contributed by atoms with Gasteiger partial charge >= 0.3 is 5.97 Å². The number of hydrogen-bond donors (Lipinski definition) is 2. The number of carboxylic acids is 1. The van der Waals surface area contributed by atoms with Crippen LogP contribution in [0.4, 0.5) is 0 Å². The van der Waals surface area contributed by atoms with Gasteiger partial charge in [0.05, 0.1) is 6.61 Å². The van der Waals surface area contributed by atoms with Crippen LogP contribution < -0.4 is 5.32 Å². The highest BCUT2D eigenvalue weighted by atomic mass is 16.5. The molecule has 5 nitrogen and oxygen atoms in total. The molecule has 0 bridgehead atoms. The third kappa shape index (κ3) is 5.36. The number of hydrogen-bond acceptors (Lipinski definition) is 3. The molecule has 23 heavy (non-hydrogen) atoms. The third-order valence-corrected chi connectivity index (χ3v) is 4.36. The largest absolute Gasteiger partial charge is 0.480 e. The molecular formula is C18H25NO4. The number of carbonyl (C=O) groups is 2. The third-order valence-electron chi connectivity index (χ3n) is 4.36. The molecule has 2 N–H and O–H groups in total. The summed E-state index contributed by atoms with van der Waals surface area (Å²) in [6, 6.07) is 9.90. The summed E-state index contributed by atoms with van der Waals surface area (Å²) in [4.78, 5) is 23.7. The molecule has 1 saturated carbocycles. The molecule has 1 aromatic rings. The number of aliphatic carboxylic acids is 1. The highest BCUT2D eigenvalue weighted by molar-refractivity contribution is 5.87. The molecule has 2 rings (SSSR count). The number of nitrogens with one attached hydrogen (secondary N) is 1. The first-order valence-electron chi connectivity index (χ1n) is 8.28.